The molecule has 0 saturated heterocycles. The van der Waals surface area contributed by atoms with Crippen molar-refractivity contribution in [2.45, 2.75) is 19.4 Å². The summed E-state index contributed by atoms with van der Waals surface area (Å²) in [4.78, 5) is 36.0. The van der Waals surface area contributed by atoms with Crippen LogP contribution in [0.5, 0.6) is 0 Å². The lowest BCUT2D eigenvalue weighted by Gasteiger charge is -2.11. The first kappa shape index (κ1) is 16.6. The molecule has 9 heteroatoms. The molecule has 1 rings (SSSR count). The third-order valence-electron chi connectivity index (χ3n) is 2.79. The van der Waals surface area contributed by atoms with Crippen LogP contribution in [0.2, 0.25) is 0 Å². The quantitative estimate of drug-likeness (QED) is 0.637. The molecular weight excluding hydrogens is 280 g/mol. The summed E-state index contributed by atoms with van der Waals surface area (Å²) in [6, 6.07) is 0. The van der Waals surface area contributed by atoms with Crippen molar-refractivity contribution in [3.63, 3.8) is 0 Å². The van der Waals surface area contributed by atoms with Gasteiger partial charge in [-0.15, -0.1) is 5.10 Å². The monoisotopic (exact) mass is 298 g/mol. The minimum absolute atomic E-state index is 0.0554. The molecule has 1 aromatic rings. The van der Waals surface area contributed by atoms with Crippen LogP contribution in [-0.4, -0.2) is 66.1 Å². The number of carbonyl (C=O) groups excluding carboxylic acids is 3. The number of esters is 2. The van der Waals surface area contributed by atoms with Gasteiger partial charge < -0.3 is 14.4 Å². The summed E-state index contributed by atoms with van der Waals surface area (Å²) in [5, 5.41) is 7.49. The maximum Gasteiger partial charge on any atom is 0.360 e. The Hall–Kier alpha value is -2.45. The standard InChI is InChI=1S/C12H18N4O5/c1-15(2)9(17)5-6-16-8(7-10(18)20-3)11(13-14-16)12(19)21-4/h5-7H2,1-4H3. The third-order valence-corrected chi connectivity index (χ3v) is 2.79. The molecule has 9 nitrogen and oxygen atoms in total. The molecule has 0 aliphatic carbocycles. The van der Waals surface area contributed by atoms with E-state index >= 15 is 0 Å². The molecule has 0 saturated carbocycles. The lowest BCUT2D eigenvalue weighted by atomic mass is 10.2. The lowest BCUT2D eigenvalue weighted by molar-refractivity contribution is -0.139. The zero-order valence-electron chi connectivity index (χ0n) is 12.5. The Morgan fingerprint density at radius 1 is 1.19 bits per heavy atom. The van der Waals surface area contributed by atoms with Gasteiger partial charge in [0.2, 0.25) is 5.91 Å². The van der Waals surface area contributed by atoms with Crippen LogP contribution in [0.3, 0.4) is 0 Å². The fourth-order valence-electron chi connectivity index (χ4n) is 1.58. The summed E-state index contributed by atoms with van der Waals surface area (Å²) >= 11 is 0. The minimum atomic E-state index is -0.695. The van der Waals surface area contributed by atoms with E-state index in [1.54, 1.807) is 14.1 Å². The number of ether oxygens (including phenoxy) is 2. The summed E-state index contributed by atoms with van der Waals surface area (Å²) in [7, 11) is 5.72. The van der Waals surface area contributed by atoms with Crippen molar-refractivity contribution >= 4 is 17.8 Å². The molecule has 116 valence electrons. The van der Waals surface area contributed by atoms with E-state index in [9.17, 15) is 14.4 Å². The predicted octanol–water partition coefficient (Wildman–Crippen LogP) is -0.741. The molecule has 0 N–H and O–H groups in total. The van der Waals surface area contributed by atoms with Crippen LogP contribution in [0.15, 0.2) is 0 Å². The second-order valence-corrected chi connectivity index (χ2v) is 4.39. The topological polar surface area (TPSA) is 104 Å². The SMILES string of the molecule is COC(=O)Cc1c(C(=O)OC)nnn1CCC(=O)N(C)C. The predicted molar refractivity (Wildman–Crippen MR) is 70.4 cm³/mol. The summed E-state index contributed by atoms with van der Waals surface area (Å²) in [5.74, 6) is -1.34. The van der Waals surface area contributed by atoms with Crippen LogP contribution >= 0.6 is 0 Å². The van der Waals surface area contributed by atoms with Crippen molar-refractivity contribution in [1.29, 1.82) is 0 Å². The molecule has 0 spiro atoms. The van der Waals surface area contributed by atoms with Gasteiger partial charge in [0, 0.05) is 20.5 Å². The van der Waals surface area contributed by atoms with E-state index in [2.05, 4.69) is 19.8 Å². The Morgan fingerprint density at radius 2 is 1.86 bits per heavy atom. The van der Waals surface area contributed by atoms with E-state index in [1.165, 1.54) is 23.8 Å². The van der Waals surface area contributed by atoms with Crippen LogP contribution in [0.4, 0.5) is 0 Å². The van der Waals surface area contributed by atoms with Crippen molar-refractivity contribution in [2.75, 3.05) is 28.3 Å². The minimum Gasteiger partial charge on any atom is -0.469 e. The average Bonchev–Trinajstić information content (AvgIpc) is 2.86. The number of hydrogen-bond acceptors (Lipinski definition) is 7. The molecule has 0 unspecified atom stereocenters. The third kappa shape index (κ3) is 4.26. The molecule has 0 aromatic carbocycles. The van der Waals surface area contributed by atoms with Gasteiger partial charge in [-0.2, -0.15) is 0 Å². The molecule has 1 heterocycles. The highest BCUT2D eigenvalue weighted by atomic mass is 16.5. The highest BCUT2D eigenvalue weighted by Gasteiger charge is 2.23. The van der Waals surface area contributed by atoms with Crippen molar-refractivity contribution in [3.05, 3.63) is 11.4 Å². The van der Waals surface area contributed by atoms with Gasteiger partial charge in [-0.3, -0.25) is 9.59 Å². The highest BCUT2D eigenvalue weighted by molar-refractivity contribution is 5.89. The number of aromatic nitrogens is 3. The summed E-state index contributed by atoms with van der Waals surface area (Å²) in [5.41, 5.74) is 0.209. The number of nitrogens with zero attached hydrogens (tertiary/aromatic N) is 4. The van der Waals surface area contributed by atoms with Crippen molar-refractivity contribution in [2.24, 2.45) is 0 Å². The Balaban J connectivity index is 2.97. The Morgan fingerprint density at radius 3 is 2.38 bits per heavy atom. The molecule has 0 fully saturated rings. The summed E-state index contributed by atoms with van der Waals surface area (Å²) < 4.78 is 10.5. The van der Waals surface area contributed by atoms with Crippen LogP contribution < -0.4 is 0 Å². The molecule has 1 aromatic heterocycles. The molecule has 0 aliphatic rings. The van der Waals surface area contributed by atoms with E-state index in [4.69, 9.17) is 0 Å². The number of amides is 1. The van der Waals surface area contributed by atoms with Crippen molar-refractivity contribution < 1.29 is 23.9 Å². The van der Waals surface area contributed by atoms with Crippen molar-refractivity contribution in [1.82, 2.24) is 19.9 Å². The first-order valence-corrected chi connectivity index (χ1v) is 6.18. The van der Waals surface area contributed by atoms with Crippen molar-refractivity contribution in [3.8, 4) is 0 Å². The summed E-state index contributed by atoms with van der Waals surface area (Å²) in [6.07, 6.45) is -0.00473. The van der Waals surface area contributed by atoms with E-state index in [-0.39, 0.29) is 36.7 Å². The second kappa shape index (κ2) is 7.36. The van der Waals surface area contributed by atoms with E-state index < -0.39 is 11.9 Å². The van der Waals surface area contributed by atoms with Gasteiger partial charge in [-0.25, -0.2) is 9.48 Å². The second-order valence-electron chi connectivity index (χ2n) is 4.39. The first-order valence-electron chi connectivity index (χ1n) is 6.18. The fourth-order valence-corrected chi connectivity index (χ4v) is 1.58. The molecule has 0 aliphatic heterocycles. The number of carbonyl (C=O) groups is 3. The van der Waals surface area contributed by atoms with E-state index in [1.807, 2.05) is 0 Å². The van der Waals surface area contributed by atoms with Crippen LogP contribution in [-0.2, 0) is 32.0 Å². The van der Waals surface area contributed by atoms with Gasteiger partial charge in [-0.1, -0.05) is 5.21 Å². The summed E-state index contributed by atoms with van der Waals surface area (Å²) in [6.45, 7) is 0.202. The van der Waals surface area contributed by atoms with Gasteiger partial charge in [0.15, 0.2) is 5.69 Å². The lowest BCUT2D eigenvalue weighted by Crippen LogP contribution is -2.24. The maximum absolute atomic E-state index is 11.6. The fraction of sp³-hybridized carbons (Fsp3) is 0.583. The molecular formula is C12H18N4O5. The van der Waals surface area contributed by atoms with Gasteiger partial charge in [0.25, 0.3) is 0 Å². The molecule has 0 bridgehead atoms. The largest absolute Gasteiger partial charge is 0.469 e. The van der Waals surface area contributed by atoms with Crippen LogP contribution in [0.25, 0.3) is 0 Å². The first-order chi connectivity index (χ1) is 9.90. The van der Waals surface area contributed by atoms with Gasteiger partial charge in [0.05, 0.1) is 32.9 Å². The number of hydrogen-bond donors (Lipinski definition) is 0. The molecule has 0 radical (unpaired) electrons. The Kier molecular flexibility index (Phi) is 5.82. The molecule has 0 atom stereocenters. The van der Waals surface area contributed by atoms with Gasteiger partial charge >= 0.3 is 11.9 Å². The maximum atomic E-state index is 11.6. The Bertz CT molecular complexity index is 538. The normalized spacial score (nSPS) is 10.1. The highest BCUT2D eigenvalue weighted by Crippen LogP contribution is 2.10. The average molecular weight is 298 g/mol. The van der Waals surface area contributed by atoms with Crippen LogP contribution in [0, 0.1) is 0 Å². The zero-order chi connectivity index (χ0) is 16.0. The Labute approximate surface area is 121 Å². The number of methoxy groups -OCH3 is 2. The van der Waals surface area contributed by atoms with Crippen LogP contribution in [0.1, 0.15) is 22.6 Å². The molecule has 1 amide bonds. The smallest absolute Gasteiger partial charge is 0.360 e. The van der Waals surface area contributed by atoms with Gasteiger partial charge in [-0.05, 0) is 0 Å². The number of aryl methyl sites for hydroxylation is 1. The van der Waals surface area contributed by atoms with Gasteiger partial charge in [0.1, 0.15) is 0 Å². The van der Waals surface area contributed by atoms with E-state index in [0.717, 1.165) is 0 Å². The molecule has 21 heavy (non-hydrogen) atoms. The van der Waals surface area contributed by atoms with E-state index in [0.29, 0.717) is 0 Å². The number of rotatable bonds is 6. The zero-order valence-corrected chi connectivity index (χ0v) is 12.5.